The molecule has 10 nitrogen and oxygen atoms in total. The molecular formula is C31H44FN3O7Si. The van der Waals surface area contributed by atoms with E-state index in [-0.39, 0.29) is 49.3 Å². The maximum absolute atomic E-state index is 15.6. The number of hydrogen-bond donors (Lipinski definition) is 1. The molecule has 1 aliphatic heterocycles. The Morgan fingerprint density at radius 1 is 1.09 bits per heavy atom. The van der Waals surface area contributed by atoms with Crippen LogP contribution < -0.4 is 15.1 Å². The molecule has 1 heterocycles. The number of anilines is 2. The lowest BCUT2D eigenvalue weighted by Gasteiger charge is -2.37. The van der Waals surface area contributed by atoms with Gasteiger partial charge in [0.25, 0.3) is 0 Å². The number of nitrogens with zero attached hydrogens (tertiary/aromatic N) is 2. The summed E-state index contributed by atoms with van der Waals surface area (Å²) in [6.45, 7) is 16.3. The lowest BCUT2D eigenvalue weighted by Crippen LogP contribution is -2.44. The molecule has 236 valence electrons. The second kappa shape index (κ2) is 13.8. The summed E-state index contributed by atoms with van der Waals surface area (Å²) in [5.41, 5.74) is 0.309. The summed E-state index contributed by atoms with van der Waals surface area (Å²) in [6.07, 6.45) is -2.69. The van der Waals surface area contributed by atoms with E-state index < -0.39 is 44.1 Å². The van der Waals surface area contributed by atoms with E-state index in [1.165, 1.54) is 28.0 Å². The Labute approximate surface area is 254 Å². The third-order valence-electron chi connectivity index (χ3n) is 7.29. The monoisotopic (exact) mass is 617 g/mol. The van der Waals surface area contributed by atoms with Crippen LogP contribution in [-0.2, 0) is 25.2 Å². The van der Waals surface area contributed by atoms with Gasteiger partial charge in [0.05, 0.1) is 37.6 Å². The molecule has 0 spiro atoms. The molecule has 3 rings (SSSR count). The van der Waals surface area contributed by atoms with Crippen LogP contribution in [0.4, 0.5) is 30.1 Å². The number of amides is 3. The second-order valence-electron chi connectivity index (χ2n) is 12.9. The van der Waals surface area contributed by atoms with Crippen LogP contribution in [0.1, 0.15) is 47.1 Å². The fourth-order valence-corrected chi connectivity index (χ4v) is 4.96. The summed E-state index contributed by atoms with van der Waals surface area (Å²) >= 11 is 0. The Hall–Kier alpha value is -3.64. The lowest BCUT2D eigenvalue weighted by atomic mass is 10.2. The molecule has 1 aliphatic rings. The smallest absolute Gasteiger partial charge is 0.414 e. The molecule has 3 amide bonds. The minimum atomic E-state index is -2.11. The molecule has 2 aromatic carbocycles. The van der Waals surface area contributed by atoms with Crippen LogP contribution in [0.15, 0.2) is 48.5 Å². The predicted molar refractivity (Wildman–Crippen MR) is 165 cm³/mol. The van der Waals surface area contributed by atoms with Crippen LogP contribution >= 0.6 is 0 Å². The SMILES string of the molecule is CC(C)(C)OC(=O)N(CCO[Si](C)(C)C(C)(C)C)c1ccc(N2C[C@H](CNC(=O)OCc3ccccc3)OC2=O)cc1F. The first kappa shape index (κ1) is 33.9. The number of nitrogens with one attached hydrogen (secondary N) is 1. The minimum absolute atomic E-state index is 0.00349. The number of carbonyl (C=O) groups is 3. The van der Waals surface area contributed by atoms with Gasteiger partial charge in [-0.05, 0) is 62.7 Å². The third kappa shape index (κ3) is 9.68. The number of ether oxygens (including phenoxy) is 3. The van der Waals surface area contributed by atoms with Crippen LogP contribution in [0.25, 0.3) is 0 Å². The topological polar surface area (TPSA) is 107 Å². The van der Waals surface area contributed by atoms with E-state index in [1.54, 1.807) is 20.8 Å². The zero-order valence-electron chi connectivity index (χ0n) is 26.4. The average Bonchev–Trinajstić information content (AvgIpc) is 3.28. The summed E-state index contributed by atoms with van der Waals surface area (Å²) < 4.78 is 37.9. The summed E-state index contributed by atoms with van der Waals surface area (Å²) in [5, 5.41) is 2.56. The van der Waals surface area contributed by atoms with Crippen molar-refractivity contribution in [1.29, 1.82) is 0 Å². The summed E-state index contributed by atoms with van der Waals surface area (Å²) in [5.74, 6) is -0.713. The highest BCUT2D eigenvalue weighted by Crippen LogP contribution is 2.36. The van der Waals surface area contributed by atoms with Gasteiger partial charge >= 0.3 is 18.3 Å². The molecule has 0 aliphatic carbocycles. The number of cyclic esters (lactones) is 1. The van der Waals surface area contributed by atoms with Crippen LogP contribution in [0.3, 0.4) is 0 Å². The van der Waals surface area contributed by atoms with Crippen molar-refractivity contribution in [3.8, 4) is 0 Å². The van der Waals surface area contributed by atoms with E-state index in [1.807, 2.05) is 30.3 Å². The lowest BCUT2D eigenvalue weighted by molar-refractivity contribution is 0.0572. The molecule has 0 unspecified atom stereocenters. The predicted octanol–water partition coefficient (Wildman–Crippen LogP) is 6.84. The second-order valence-corrected chi connectivity index (χ2v) is 17.7. The molecule has 2 aromatic rings. The number of rotatable bonds is 10. The van der Waals surface area contributed by atoms with Crippen molar-refractivity contribution in [2.24, 2.45) is 0 Å². The number of alkyl carbamates (subject to hydrolysis) is 1. The minimum Gasteiger partial charge on any atom is -0.445 e. The Bertz CT molecular complexity index is 1280. The molecule has 1 atom stereocenters. The molecule has 1 fully saturated rings. The van der Waals surface area contributed by atoms with Crippen LogP contribution in [-0.4, -0.2) is 64.5 Å². The summed E-state index contributed by atoms with van der Waals surface area (Å²) in [4.78, 5) is 40.3. The van der Waals surface area contributed by atoms with Gasteiger partial charge in [-0.1, -0.05) is 51.1 Å². The molecule has 12 heteroatoms. The van der Waals surface area contributed by atoms with Crippen LogP contribution in [0, 0.1) is 5.82 Å². The average molecular weight is 618 g/mol. The number of halogens is 1. The Kier molecular flexibility index (Phi) is 10.8. The van der Waals surface area contributed by atoms with Gasteiger partial charge in [-0.3, -0.25) is 9.80 Å². The largest absolute Gasteiger partial charge is 0.445 e. The van der Waals surface area contributed by atoms with Crippen molar-refractivity contribution >= 4 is 38.0 Å². The molecule has 1 saturated heterocycles. The van der Waals surface area contributed by atoms with Gasteiger partial charge < -0.3 is 24.0 Å². The Morgan fingerprint density at radius 3 is 2.37 bits per heavy atom. The van der Waals surface area contributed by atoms with E-state index in [0.29, 0.717) is 0 Å². The first-order chi connectivity index (χ1) is 20.0. The summed E-state index contributed by atoms with van der Waals surface area (Å²) in [7, 11) is -2.11. The number of benzene rings is 2. The highest BCUT2D eigenvalue weighted by Gasteiger charge is 2.38. The van der Waals surface area contributed by atoms with E-state index in [0.717, 1.165) is 5.56 Å². The van der Waals surface area contributed by atoms with Crippen molar-refractivity contribution in [3.05, 3.63) is 59.9 Å². The Balaban J connectivity index is 1.65. The maximum Gasteiger partial charge on any atom is 0.414 e. The van der Waals surface area contributed by atoms with Gasteiger partial charge in [0, 0.05) is 0 Å². The molecule has 0 saturated carbocycles. The normalized spacial score (nSPS) is 15.6. The van der Waals surface area contributed by atoms with E-state index in [9.17, 15) is 14.4 Å². The fourth-order valence-electron chi connectivity index (χ4n) is 3.93. The van der Waals surface area contributed by atoms with Crippen molar-refractivity contribution in [1.82, 2.24) is 5.32 Å². The first-order valence-electron chi connectivity index (χ1n) is 14.3. The van der Waals surface area contributed by atoms with E-state index >= 15 is 4.39 Å². The van der Waals surface area contributed by atoms with Gasteiger partial charge in [0.15, 0.2) is 8.32 Å². The molecule has 0 aromatic heterocycles. The van der Waals surface area contributed by atoms with Gasteiger partial charge in [-0.2, -0.15) is 0 Å². The fraction of sp³-hybridized carbons (Fsp3) is 0.516. The zero-order valence-corrected chi connectivity index (χ0v) is 27.4. The number of carbonyl (C=O) groups excluding carboxylic acids is 3. The van der Waals surface area contributed by atoms with Gasteiger partial charge in [-0.15, -0.1) is 0 Å². The van der Waals surface area contributed by atoms with Crippen molar-refractivity contribution in [3.63, 3.8) is 0 Å². The molecule has 0 bridgehead atoms. The highest BCUT2D eigenvalue weighted by atomic mass is 28.4. The highest BCUT2D eigenvalue weighted by molar-refractivity contribution is 6.74. The standard InChI is InChI=1S/C31H44FN3O7Si/c1-30(2,3)42-29(38)34(16-17-40-43(7,8)31(4,5)6)26-15-14-23(18-25(26)32)35-20-24(41-28(35)37)19-33-27(36)39-21-22-12-10-9-11-13-22/h9-15,18,24H,16-17,19-21H2,1-8H3,(H,33,36)/t24-/m0/s1. The first-order valence-corrected chi connectivity index (χ1v) is 17.2. The third-order valence-corrected chi connectivity index (χ3v) is 11.8. The van der Waals surface area contributed by atoms with Gasteiger partial charge in [-0.25, -0.2) is 18.8 Å². The zero-order chi connectivity index (χ0) is 32.0. The van der Waals surface area contributed by atoms with E-state index in [4.69, 9.17) is 18.6 Å². The van der Waals surface area contributed by atoms with Crippen molar-refractivity contribution in [2.75, 3.05) is 36.0 Å². The van der Waals surface area contributed by atoms with Gasteiger partial charge in [0.2, 0.25) is 0 Å². The molecule has 43 heavy (non-hydrogen) atoms. The van der Waals surface area contributed by atoms with Crippen molar-refractivity contribution < 1.29 is 37.4 Å². The van der Waals surface area contributed by atoms with Crippen LogP contribution in [0.2, 0.25) is 18.1 Å². The molecule has 1 N–H and O–H groups in total. The van der Waals surface area contributed by atoms with Crippen molar-refractivity contribution in [2.45, 2.75) is 78.0 Å². The quantitative estimate of drug-likeness (QED) is 0.230. The Morgan fingerprint density at radius 2 is 1.77 bits per heavy atom. The van der Waals surface area contributed by atoms with Crippen LogP contribution in [0.5, 0.6) is 0 Å². The molecular weight excluding hydrogens is 573 g/mol. The van der Waals surface area contributed by atoms with Gasteiger partial charge in [0.1, 0.15) is 24.1 Å². The maximum atomic E-state index is 15.6. The molecule has 0 radical (unpaired) electrons. The van der Waals surface area contributed by atoms with E-state index in [2.05, 4.69) is 39.2 Å². The number of hydrogen-bond acceptors (Lipinski definition) is 7. The summed E-state index contributed by atoms with van der Waals surface area (Å²) in [6, 6.07) is 13.4.